The number of rotatable bonds is 17. The average molecular weight is 773 g/mol. The first-order valence-electron chi connectivity index (χ1n) is 18.3. The van der Waals surface area contributed by atoms with Crippen LogP contribution >= 0.6 is 0 Å². The fourth-order valence-corrected chi connectivity index (χ4v) is 7.93. The predicted molar refractivity (Wildman–Crippen MR) is 204 cm³/mol. The minimum absolute atomic E-state index is 0.00667. The molecular formula is C38H56N6O9S. The number of carboxylic acid groups (broad SMARTS) is 1. The third-order valence-corrected chi connectivity index (χ3v) is 11.0. The SMILES string of the molecule is C=C(C)[C@@H]1CCC(C)=C[C@H]1c1c(C)cc(CCCCC)cc1OCN(C)C1[C@H](NC(=O)/C(=N\OC(C)(C)C(=O)O)C2=CCC(C)(N)N2)C(=O)N1S(=O)(=O)O. The number of aliphatic carboxylic acids is 1. The Balaban J connectivity index is 1.66. The van der Waals surface area contributed by atoms with Gasteiger partial charge in [-0.3, -0.25) is 19.0 Å². The lowest BCUT2D eigenvalue weighted by atomic mass is 9.73. The molecule has 15 nitrogen and oxygen atoms in total. The van der Waals surface area contributed by atoms with Crippen LogP contribution in [0.5, 0.6) is 5.75 Å². The Morgan fingerprint density at radius 1 is 1.26 bits per heavy atom. The van der Waals surface area contributed by atoms with Crippen LogP contribution in [-0.2, 0) is 35.9 Å². The second-order valence-electron chi connectivity index (χ2n) is 15.5. The molecule has 1 aliphatic carbocycles. The Hall–Kier alpha value is -4.25. The van der Waals surface area contributed by atoms with E-state index in [0.29, 0.717) is 5.75 Å². The number of carbonyl (C=O) groups is 3. The van der Waals surface area contributed by atoms with Crippen molar-refractivity contribution in [1.82, 2.24) is 19.8 Å². The third-order valence-electron chi connectivity index (χ3n) is 10.1. The number of likely N-dealkylation sites (N-methyl/N-ethyl adjacent to an activating group) is 1. The van der Waals surface area contributed by atoms with Gasteiger partial charge in [-0.1, -0.05) is 60.9 Å². The van der Waals surface area contributed by atoms with E-state index in [4.69, 9.17) is 15.3 Å². The van der Waals surface area contributed by atoms with E-state index >= 15 is 0 Å². The molecule has 298 valence electrons. The first-order valence-corrected chi connectivity index (χ1v) is 19.7. The molecule has 5 atom stereocenters. The molecule has 0 aromatic heterocycles. The highest BCUT2D eigenvalue weighted by Gasteiger charge is 2.56. The normalized spacial score (nSPS) is 24.7. The van der Waals surface area contributed by atoms with Crippen molar-refractivity contribution in [3.8, 4) is 5.75 Å². The van der Waals surface area contributed by atoms with Gasteiger partial charge >= 0.3 is 16.3 Å². The molecular weight excluding hydrogens is 717 g/mol. The third kappa shape index (κ3) is 9.70. The van der Waals surface area contributed by atoms with Crippen molar-refractivity contribution in [3.63, 3.8) is 0 Å². The summed E-state index contributed by atoms with van der Waals surface area (Å²) in [5, 5.41) is 18.8. The number of ether oxygens (including phenoxy) is 1. The highest BCUT2D eigenvalue weighted by Crippen LogP contribution is 2.45. The maximum atomic E-state index is 13.8. The Bertz CT molecular complexity index is 1850. The van der Waals surface area contributed by atoms with E-state index in [2.05, 4.69) is 55.3 Å². The van der Waals surface area contributed by atoms with Crippen molar-refractivity contribution in [1.29, 1.82) is 0 Å². The minimum Gasteiger partial charge on any atom is -0.478 e. The maximum Gasteiger partial charge on any atom is 0.363 e. The van der Waals surface area contributed by atoms with E-state index in [-0.39, 0.29) is 35.0 Å². The molecule has 2 amide bonds. The second kappa shape index (κ2) is 16.6. The number of hydrogen-bond donors (Lipinski definition) is 5. The second-order valence-corrected chi connectivity index (χ2v) is 16.8. The number of hydrogen-bond acceptors (Lipinski definition) is 11. The van der Waals surface area contributed by atoms with E-state index in [9.17, 15) is 32.5 Å². The van der Waals surface area contributed by atoms with Crippen LogP contribution in [0.15, 0.2) is 52.9 Å². The van der Waals surface area contributed by atoms with Gasteiger partial charge in [-0.25, -0.2) is 4.79 Å². The summed E-state index contributed by atoms with van der Waals surface area (Å²) in [6, 6.07) is 2.71. The summed E-state index contributed by atoms with van der Waals surface area (Å²) >= 11 is 0. The van der Waals surface area contributed by atoms with Gasteiger partial charge in [0.25, 0.3) is 11.8 Å². The molecule has 3 aliphatic rings. The molecule has 1 fully saturated rings. The number of nitrogens with one attached hydrogen (secondary N) is 2. The smallest absolute Gasteiger partial charge is 0.363 e. The van der Waals surface area contributed by atoms with Crippen molar-refractivity contribution in [2.24, 2.45) is 16.8 Å². The Morgan fingerprint density at radius 3 is 2.52 bits per heavy atom. The van der Waals surface area contributed by atoms with Crippen LogP contribution in [0.1, 0.15) is 103 Å². The molecule has 1 aromatic rings. The number of aryl methyl sites for hydroxylation is 2. The molecule has 4 rings (SSSR count). The molecule has 16 heteroatoms. The number of nitrogens with two attached hydrogens (primary N) is 1. The first kappa shape index (κ1) is 42.5. The van der Waals surface area contributed by atoms with E-state index in [0.717, 1.165) is 60.8 Å². The van der Waals surface area contributed by atoms with Crippen LogP contribution in [0.4, 0.5) is 0 Å². The van der Waals surface area contributed by atoms with Crippen LogP contribution < -0.4 is 21.1 Å². The fraction of sp³-hybridized carbons (Fsp3) is 0.579. The molecule has 2 unspecified atom stereocenters. The molecule has 1 saturated heterocycles. The summed E-state index contributed by atoms with van der Waals surface area (Å²) in [4.78, 5) is 45.3. The minimum atomic E-state index is -5.07. The summed E-state index contributed by atoms with van der Waals surface area (Å²) in [5.41, 5.74) is 8.55. The van der Waals surface area contributed by atoms with Gasteiger partial charge in [-0.05, 0) is 97.4 Å². The number of carbonyl (C=O) groups excluding carboxylic acids is 2. The first-order chi connectivity index (χ1) is 25.1. The van der Waals surface area contributed by atoms with Crippen LogP contribution in [0, 0.1) is 12.8 Å². The van der Waals surface area contributed by atoms with Gasteiger partial charge in [0, 0.05) is 17.9 Å². The number of amides is 2. The standard InChI is InChI=1S/C38H56N6O9S/c1-10-11-12-13-25-19-24(5)30(27-18-23(4)14-15-26(27)22(2)3)29(20-25)52-21-43(9)34-32(35(46)44(34)54(49,50)51)40-33(45)31(28-16-17-38(8,39)41-28)42-53-37(6,7)36(47)48/h16,18-20,26-27,32,34,41H,2,10-15,17,21,39H2,1,3-9H3,(H,40,45)(H,47,48)(H,49,50,51)/b42-31-/t26-,27+,32-,34?,38?/m0/s1. The number of allylic oxidation sites excluding steroid dienone is 3. The Morgan fingerprint density at radius 2 is 1.94 bits per heavy atom. The van der Waals surface area contributed by atoms with Crippen molar-refractivity contribution < 1.29 is 42.0 Å². The topological polar surface area (TPSA) is 213 Å². The number of β-lactam (4-membered cyclic amide) rings is 1. The number of unbranched alkanes of at least 4 members (excludes halogenated alkanes) is 2. The monoisotopic (exact) mass is 772 g/mol. The van der Waals surface area contributed by atoms with Crippen molar-refractivity contribution >= 4 is 33.8 Å². The van der Waals surface area contributed by atoms with Gasteiger partial charge < -0.3 is 31.0 Å². The summed E-state index contributed by atoms with van der Waals surface area (Å²) in [6.45, 7) is 16.5. The zero-order valence-electron chi connectivity index (χ0n) is 32.6. The number of oxime groups is 1. The summed E-state index contributed by atoms with van der Waals surface area (Å²) in [6.07, 6.45) is 8.60. The predicted octanol–water partition coefficient (Wildman–Crippen LogP) is 4.26. The van der Waals surface area contributed by atoms with Gasteiger partial charge in [0.1, 0.15) is 24.7 Å². The summed E-state index contributed by atoms with van der Waals surface area (Å²) < 4.78 is 41.8. The summed E-state index contributed by atoms with van der Waals surface area (Å²) in [5.74, 6) is -2.66. The highest BCUT2D eigenvalue weighted by molar-refractivity contribution is 7.84. The van der Waals surface area contributed by atoms with Crippen molar-refractivity contribution in [2.75, 3.05) is 13.8 Å². The van der Waals surface area contributed by atoms with Crippen LogP contribution in [0.2, 0.25) is 0 Å². The largest absolute Gasteiger partial charge is 0.478 e. The molecule has 1 aromatic carbocycles. The van der Waals surface area contributed by atoms with E-state index in [1.807, 2.05) is 13.0 Å². The molecule has 0 bridgehead atoms. The lowest BCUT2D eigenvalue weighted by Crippen LogP contribution is -2.76. The van der Waals surface area contributed by atoms with E-state index < -0.39 is 57.3 Å². The van der Waals surface area contributed by atoms with Crippen molar-refractivity contribution in [3.05, 3.63) is 64.4 Å². The molecule has 54 heavy (non-hydrogen) atoms. The van der Waals surface area contributed by atoms with Crippen LogP contribution in [0.3, 0.4) is 0 Å². The van der Waals surface area contributed by atoms with E-state index in [1.165, 1.54) is 31.4 Å². The zero-order chi connectivity index (χ0) is 40.3. The van der Waals surface area contributed by atoms with Gasteiger partial charge in [-0.15, -0.1) is 0 Å². The quantitative estimate of drug-likeness (QED) is 0.0286. The highest BCUT2D eigenvalue weighted by atomic mass is 32.2. The lowest BCUT2D eigenvalue weighted by Gasteiger charge is -2.48. The van der Waals surface area contributed by atoms with Gasteiger partial charge in [0.15, 0.2) is 5.71 Å². The number of nitrogens with zero attached hydrogens (tertiary/aromatic N) is 3. The number of carboxylic acids is 1. The fourth-order valence-electron chi connectivity index (χ4n) is 7.03. The van der Waals surface area contributed by atoms with Crippen LogP contribution in [0.25, 0.3) is 0 Å². The molecule has 0 spiro atoms. The Kier molecular flexibility index (Phi) is 13.1. The molecule has 0 radical (unpaired) electrons. The van der Waals surface area contributed by atoms with Crippen molar-refractivity contribution in [2.45, 2.75) is 123 Å². The Labute approximate surface area is 318 Å². The van der Waals surface area contributed by atoms with Gasteiger partial charge in [0.05, 0.1) is 11.4 Å². The van der Waals surface area contributed by atoms with E-state index in [1.54, 1.807) is 13.0 Å². The zero-order valence-corrected chi connectivity index (χ0v) is 33.4. The summed E-state index contributed by atoms with van der Waals surface area (Å²) in [7, 11) is -3.57. The number of benzene rings is 1. The molecule has 2 heterocycles. The molecule has 0 saturated carbocycles. The molecule has 2 aliphatic heterocycles. The van der Waals surface area contributed by atoms with Crippen LogP contribution in [-0.4, -0.2) is 88.0 Å². The van der Waals surface area contributed by atoms with Gasteiger partial charge in [-0.2, -0.15) is 12.7 Å². The van der Waals surface area contributed by atoms with Gasteiger partial charge in [0.2, 0.25) is 5.60 Å². The maximum absolute atomic E-state index is 13.8. The molecule has 6 N–H and O–H groups in total. The average Bonchev–Trinajstić information content (AvgIpc) is 3.42. The lowest BCUT2D eigenvalue weighted by molar-refractivity contribution is -0.161.